The van der Waals surface area contributed by atoms with Crippen molar-refractivity contribution in [2.45, 2.75) is 19.1 Å². The Hall–Kier alpha value is -2.11. The Bertz CT molecular complexity index is 724. The van der Waals surface area contributed by atoms with Gasteiger partial charge in [-0.2, -0.15) is 13.2 Å². The molecule has 1 aromatic carbocycles. The van der Waals surface area contributed by atoms with E-state index in [1.807, 2.05) is 37.3 Å². The first-order valence-corrected chi connectivity index (χ1v) is 8.06. The third-order valence-electron chi connectivity index (χ3n) is 3.52. The molecule has 2 rings (SSSR count). The van der Waals surface area contributed by atoms with E-state index < -0.39 is 11.9 Å². The second kappa shape index (κ2) is 10.9. The molecule has 0 saturated heterocycles. The molecule has 0 bridgehead atoms. The zero-order chi connectivity index (χ0) is 19.0. The molecule has 0 aliphatic rings. The number of hydrogen-bond acceptors (Lipinski definition) is 4. The number of hydrogen-bond donors (Lipinski definition) is 3. The first-order chi connectivity index (χ1) is 12.4. The first-order valence-electron chi connectivity index (χ1n) is 8.06. The van der Waals surface area contributed by atoms with Crippen molar-refractivity contribution in [3.8, 4) is 0 Å². The lowest BCUT2D eigenvalue weighted by molar-refractivity contribution is -0.141. The number of benzene rings is 1. The maximum atomic E-state index is 12.6. The topological polar surface area (TPSA) is 74.2 Å². The molecule has 0 aliphatic carbocycles. The molecule has 3 N–H and O–H groups in total. The van der Waals surface area contributed by atoms with Crippen LogP contribution in [0.1, 0.15) is 24.2 Å². The molecular weight excluding hydrogens is 472 g/mol. The molecule has 1 heterocycles. The maximum Gasteiger partial charge on any atom is 0.433 e. The number of nitrogens with zero attached hydrogens (tertiary/aromatic N) is 3. The maximum absolute atomic E-state index is 12.6. The van der Waals surface area contributed by atoms with Gasteiger partial charge in [-0.1, -0.05) is 30.3 Å². The summed E-state index contributed by atoms with van der Waals surface area (Å²) in [5, 5.41) is 9.08. The Morgan fingerprint density at radius 2 is 1.85 bits per heavy atom. The summed E-state index contributed by atoms with van der Waals surface area (Å²) >= 11 is 0. The molecule has 10 heteroatoms. The fourth-order valence-electron chi connectivity index (χ4n) is 2.18. The van der Waals surface area contributed by atoms with Gasteiger partial charge in [0.2, 0.25) is 5.95 Å². The van der Waals surface area contributed by atoms with Crippen LogP contribution in [0, 0.1) is 0 Å². The van der Waals surface area contributed by atoms with Gasteiger partial charge >= 0.3 is 6.18 Å². The van der Waals surface area contributed by atoms with E-state index in [1.54, 1.807) is 7.05 Å². The lowest BCUT2D eigenvalue weighted by Gasteiger charge is -2.18. The Kier molecular flexibility index (Phi) is 9.26. The smallest absolute Gasteiger partial charge is 0.355 e. The van der Waals surface area contributed by atoms with E-state index in [9.17, 15) is 13.2 Å². The summed E-state index contributed by atoms with van der Waals surface area (Å²) < 4.78 is 37.8. The molecule has 0 radical (unpaired) electrons. The van der Waals surface area contributed by atoms with Crippen molar-refractivity contribution in [2.75, 3.05) is 25.5 Å². The van der Waals surface area contributed by atoms with Gasteiger partial charge in [0.15, 0.2) is 5.96 Å². The average molecular weight is 494 g/mol. The summed E-state index contributed by atoms with van der Waals surface area (Å²) in [7, 11) is 1.65. The number of aliphatic imine (C=N–C) groups is 1. The normalized spacial score (nSPS) is 12.7. The van der Waals surface area contributed by atoms with Crippen molar-refractivity contribution in [1.82, 2.24) is 20.6 Å². The lowest BCUT2D eigenvalue weighted by atomic mass is 10.1. The number of nitrogens with one attached hydrogen (secondary N) is 3. The third-order valence-corrected chi connectivity index (χ3v) is 3.52. The van der Waals surface area contributed by atoms with Gasteiger partial charge in [-0.25, -0.2) is 9.97 Å². The number of anilines is 1. The van der Waals surface area contributed by atoms with E-state index in [-0.39, 0.29) is 36.0 Å². The number of halogens is 4. The third kappa shape index (κ3) is 7.57. The summed E-state index contributed by atoms with van der Waals surface area (Å²) in [5.41, 5.74) is 0.142. The van der Waals surface area contributed by atoms with Crippen LogP contribution in [0.3, 0.4) is 0 Å². The molecule has 2 aromatic rings. The monoisotopic (exact) mass is 494 g/mol. The van der Waals surface area contributed by atoms with Gasteiger partial charge in [0.05, 0.1) is 6.04 Å². The van der Waals surface area contributed by atoms with Crippen LogP contribution in [0.25, 0.3) is 0 Å². The fourth-order valence-corrected chi connectivity index (χ4v) is 2.18. The highest BCUT2D eigenvalue weighted by Gasteiger charge is 2.32. The summed E-state index contributed by atoms with van der Waals surface area (Å²) in [6.07, 6.45) is -3.41. The SMILES string of the molecule is CN=C(NCCNc1nccc(C(F)(F)F)n1)NC(C)c1ccccc1.I. The quantitative estimate of drug-likeness (QED) is 0.249. The van der Waals surface area contributed by atoms with E-state index in [4.69, 9.17) is 0 Å². The van der Waals surface area contributed by atoms with Crippen LogP contribution in [0.2, 0.25) is 0 Å². The summed E-state index contributed by atoms with van der Waals surface area (Å²) in [6, 6.07) is 10.8. The van der Waals surface area contributed by atoms with Crippen LogP contribution in [0.5, 0.6) is 0 Å². The highest BCUT2D eigenvalue weighted by atomic mass is 127. The molecule has 1 unspecified atom stereocenters. The summed E-state index contributed by atoms with van der Waals surface area (Å²) in [6.45, 7) is 2.78. The Morgan fingerprint density at radius 3 is 2.48 bits per heavy atom. The lowest BCUT2D eigenvalue weighted by Crippen LogP contribution is -2.40. The summed E-state index contributed by atoms with van der Waals surface area (Å²) in [4.78, 5) is 11.4. The van der Waals surface area contributed by atoms with Gasteiger partial charge in [0, 0.05) is 26.3 Å². The van der Waals surface area contributed by atoms with Crippen LogP contribution in [0.4, 0.5) is 19.1 Å². The molecule has 6 nitrogen and oxygen atoms in total. The van der Waals surface area contributed by atoms with E-state index in [2.05, 4.69) is 30.9 Å². The van der Waals surface area contributed by atoms with E-state index >= 15 is 0 Å². The fraction of sp³-hybridized carbons (Fsp3) is 0.353. The van der Waals surface area contributed by atoms with Crippen LogP contribution in [-0.4, -0.2) is 36.1 Å². The highest BCUT2D eigenvalue weighted by Crippen LogP contribution is 2.27. The van der Waals surface area contributed by atoms with E-state index in [0.717, 1.165) is 17.8 Å². The van der Waals surface area contributed by atoms with Gasteiger partial charge in [-0.05, 0) is 18.6 Å². The second-order valence-electron chi connectivity index (χ2n) is 5.47. The van der Waals surface area contributed by atoms with Gasteiger partial charge in [0.25, 0.3) is 0 Å². The highest BCUT2D eigenvalue weighted by molar-refractivity contribution is 14.0. The predicted molar refractivity (Wildman–Crippen MR) is 110 cm³/mol. The zero-order valence-electron chi connectivity index (χ0n) is 14.9. The largest absolute Gasteiger partial charge is 0.433 e. The second-order valence-corrected chi connectivity index (χ2v) is 5.47. The van der Waals surface area contributed by atoms with Crippen molar-refractivity contribution in [3.63, 3.8) is 0 Å². The van der Waals surface area contributed by atoms with Gasteiger partial charge in [0.1, 0.15) is 5.69 Å². The Balaban J connectivity index is 0.00000364. The van der Waals surface area contributed by atoms with Crippen molar-refractivity contribution in [1.29, 1.82) is 0 Å². The van der Waals surface area contributed by atoms with Crippen LogP contribution < -0.4 is 16.0 Å². The van der Waals surface area contributed by atoms with Crippen molar-refractivity contribution in [3.05, 3.63) is 53.9 Å². The summed E-state index contributed by atoms with van der Waals surface area (Å²) in [5.74, 6) is 0.523. The van der Waals surface area contributed by atoms with Crippen molar-refractivity contribution in [2.24, 2.45) is 4.99 Å². The standard InChI is InChI=1S/C17H21F3N6.HI/c1-12(13-6-4-3-5-7-13)25-15(21-2)23-10-11-24-16-22-9-8-14(26-16)17(18,19)20;/h3-9,12H,10-11H2,1-2H3,(H2,21,23,25)(H,22,24,26);1H. The molecule has 0 aliphatic heterocycles. The minimum atomic E-state index is -4.49. The molecule has 0 saturated carbocycles. The number of alkyl halides is 3. The number of aromatic nitrogens is 2. The van der Waals surface area contributed by atoms with Crippen LogP contribution >= 0.6 is 24.0 Å². The number of rotatable bonds is 6. The van der Waals surface area contributed by atoms with Crippen molar-refractivity contribution >= 4 is 35.9 Å². The average Bonchev–Trinajstić information content (AvgIpc) is 2.64. The van der Waals surface area contributed by atoms with Gasteiger partial charge in [-0.15, -0.1) is 24.0 Å². The number of guanidine groups is 1. The molecule has 0 amide bonds. The molecule has 0 fully saturated rings. The first kappa shape index (κ1) is 22.9. The Labute approximate surface area is 173 Å². The Morgan fingerprint density at radius 1 is 1.15 bits per heavy atom. The van der Waals surface area contributed by atoms with E-state index in [1.165, 1.54) is 0 Å². The van der Waals surface area contributed by atoms with Gasteiger partial charge in [-0.3, -0.25) is 4.99 Å². The molecular formula is C17H22F3IN6. The molecule has 0 spiro atoms. The minimum Gasteiger partial charge on any atom is -0.355 e. The molecule has 1 atom stereocenters. The predicted octanol–water partition coefficient (Wildman–Crippen LogP) is 3.45. The van der Waals surface area contributed by atoms with Crippen molar-refractivity contribution < 1.29 is 13.2 Å². The zero-order valence-corrected chi connectivity index (χ0v) is 17.2. The molecule has 27 heavy (non-hydrogen) atoms. The minimum absolute atomic E-state index is 0. The van der Waals surface area contributed by atoms with Crippen LogP contribution in [-0.2, 0) is 6.18 Å². The van der Waals surface area contributed by atoms with Crippen LogP contribution in [0.15, 0.2) is 47.6 Å². The van der Waals surface area contributed by atoms with E-state index in [0.29, 0.717) is 19.0 Å². The molecule has 148 valence electrons. The molecule has 1 aromatic heterocycles. The van der Waals surface area contributed by atoms with Gasteiger partial charge < -0.3 is 16.0 Å².